The van der Waals surface area contributed by atoms with E-state index < -0.39 is 58.3 Å². The summed E-state index contributed by atoms with van der Waals surface area (Å²) in [5.41, 5.74) is -4.20. The molecule has 1 aliphatic rings. The molecule has 0 saturated heterocycles. The van der Waals surface area contributed by atoms with Crippen LogP contribution in [0.2, 0.25) is 0 Å². The highest BCUT2D eigenvalue weighted by atomic mass is 32.2. The Morgan fingerprint density at radius 1 is 1.19 bits per heavy atom. The number of esters is 1. The predicted molar refractivity (Wildman–Crippen MR) is 146 cm³/mol. The molecule has 0 bridgehead atoms. The Morgan fingerprint density at radius 2 is 1.86 bits per heavy atom. The number of ether oxygens (including phenoxy) is 3. The zero-order chi connectivity index (χ0) is 32.4. The van der Waals surface area contributed by atoms with Crippen molar-refractivity contribution in [2.24, 2.45) is 0 Å². The number of anilines is 1. The third-order valence-electron chi connectivity index (χ3n) is 6.65. The SMILES string of the molecule is CCn1cc(S(=O)(=O)N2C[C@H](CCC(=O)C(C)(C)O)Oc3ccc(CC(=O)OC(C)(C)C(F)(F)F)cc32)c(OCCO)n1. The van der Waals surface area contributed by atoms with E-state index in [1.54, 1.807) is 6.92 Å². The van der Waals surface area contributed by atoms with Crippen molar-refractivity contribution in [3.8, 4) is 11.6 Å². The van der Waals surface area contributed by atoms with E-state index in [4.69, 9.17) is 9.47 Å². The van der Waals surface area contributed by atoms with Crippen LogP contribution in [0, 0.1) is 0 Å². The third-order valence-corrected chi connectivity index (χ3v) is 8.41. The van der Waals surface area contributed by atoms with Crippen LogP contribution < -0.4 is 13.8 Å². The highest BCUT2D eigenvalue weighted by Crippen LogP contribution is 2.40. The van der Waals surface area contributed by atoms with Crippen LogP contribution >= 0.6 is 0 Å². The summed E-state index contributed by atoms with van der Waals surface area (Å²) in [5.74, 6) is -1.84. The summed E-state index contributed by atoms with van der Waals surface area (Å²) in [4.78, 5) is 24.4. The van der Waals surface area contributed by atoms with E-state index in [-0.39, 0.29) is 53.8 Å². The van der Waals surface area contributed by atoms with Crippen molar-refractivity contribution in [2.75, 3.05) is 24.1 Å². The number of fused-ring (bicyclic) bond motifs is 1. The van der Waals surface area contributed by atoms with Crippen LogP contribution in [0.3, 0.4) is 0 Å². The molecule has 3 rings (SSSR count). The third kappa shape index (κ3) is 7.97. The van der Waals surface area contributed by atoms with Gasteiger partial charge in [0.05, 0.1) is 25.3 Å². The number of hydrogen-bond acceptors (Lipinski definition) is 10. The smallest absolute Gasteiger partial charge is 0.427 e. The number of Topliss-reactive ketones (excluding diaryl/α,β-unsaturated/α-hetero) is 1. The van der Waals surface area contributed by atoms with Crippen molar-refractivity contribution in [1.82, 2.24) is 9.78 Å². The fraction of sp³-hybridized carbons (Fsp3) is 0.593. The normalized spacial score (nSPS) is 16.0. The van der Waals surface area contributed by atoms with E-state index >= 15 is 0 Å². The van der Waals surface area contributed by atoms with Gasteiger partial charge in [0.25, 0.3) is 15.9 Å². The van der Waals surface area contributed by atoms with Gasteiger partial charge in [0.2, 0.25) is 5.60 Å². The van der Waals surface area contributed by atoms with Crippen LogP contribution in [0.15, 0.2) is 29.3 Å². The van der Waals surface area contributed by atoms with Gasteiger partial charge in [0, 0.05) is 19.2 Å². The summed E-state index contributed by atoms with van der Waals surface area (Å²) < 4.78 is 86.2. The number of halogens is 3. The van der Waals surface area contributed by atoms with Gasteiger partial charge in [-0.2, -0.15) is 13.2 Å². The van der Waals surface area contributed by atoms with Crippen LogP contribution in [0.25, 0.3) is 0 Å². The molecule has 43 heavy (non-hydrogen) atoms. The summed E-state index contributed by atoms with van der Waals surface area (Å²) in [6.45, 7) is 5.21. The second-order valence-corrected chi connectivity index (χ2v) is 12.8. The summed E-state index contributed by atoms with van der Waals surface area (Å²) in [6, 6.07) is 4.06. The standard InChI is InChI=1S/C27H36F3N3O9S/c1-6-32-16-21(24(31-32)40-12-11-34)43(38,39)33-15-18(8-10-22(35)25(2,3)37)41-20-9-7-17(13-19(20)33)14-23(36)42-26(4,5)27(28,29)30/h7,9,13,16,18,34,37H,6,8,10-12,14-15H2,1-5H3/t18-/m0/s1. The molecule has 2 N–H and O–H groups in total. The minimum Gasteiger partial charge on any atom is -0.486 e. The van der Waals surface area contributed by atoms with Crippen molar-refractivity contribution in [3.63, 3.8) is 0 Å². The molecule has 0 saturated carbocycles. The molecule has 1 atom stereocenters. The largest absolute Gasteiger partial charge is 0.486 e. The van der Waals surface area contributed by atoms with Crippen LogP contribution in [-0.2, 0) is 37.3 Å². The molecule has 1 aromatic heterocycles. The van der Waals surface area contributed by atoms with E-state index in [2.05, 4.69) is 9.84 Å². The van der Waals surface area contributed by atoms with E-state index in [9.17, 15) is 41.4 Å². The zero-order valence-electron chi connectivity index (χ0n) is 24.5. The number of hydrogen-bond donors (Lipinski definition) is 2. The minimum atomic E-state index is -4.81. The average molecular weight is 636 g/mol. The lowest BCUT2D eigenvalue weighted by Gasteiger charge is -2.36. The molecule has 0 amide bonds. The van der Waals surface area contributed by atoms with E-state index in [1.807, 2.05) is 0 Å². The molecule has 16 heteroatoms. The highest BCUT2D eigenvalue weighted by molar-refractivity contribution is 7.93. The first kappa shape index (κ1) is 34.1. The number of aliphatic hydroxyl groups excluding tert-OH is 1. The minimum absolute atomic E-state index is 0.0113. The first-order chi connectivity index (χ1) is 19.8. The van der Waals surface area contributed by atoms with Gasteiger partial charge in [0.15, 0.2) is 10.7 Å². The Bertz CT molecular complexity index is 1430. The average Bonchev–Trinajstić information content (AvgIpc) is 3.32. The molecule has 0 aliphatic carbocycles. The van der Waals surface area contributed by atoms with Crippen molar-refractivity contribution in [1.29, 1.82) is 0 Å². The fourth-order valence-electron chi connectivity index (χ4n) is 4.07. The van der Waals surface area contributed by atoms with Gasteiger partial charge in [-0.3, -0.25) is 18.6 Å². The molecule has 0 fully saturated rings. The molecule has 12 nitrogen and oxygen atoms in total. The summed E-state index contributed by atoms with van der Waals surface area (Å²) >= 11 is 0. The number of rotatable bonds is 13. The van der Waals surface area contributed by atoms with Crippen molar-refractivity contribution in [2.45, 2.75) is 88.8 Å². The molecule has 2 aromatic rings. The Kier molecular flexibility index (Phi) is 10.1. The van der Waals surface area contributed by atoms with E-state index in [0.717, 1.165) is 18.2 Å². The quantitative estimate of drug-likeness (QED) is 0.314. The summed E-state index contributed by atoms with van der Waals surface area (Å²) in [5, 5.41) is 23.3. The fourth-order valence-corrected chi connectivity index (χ4v) is 5.65. The number of aromatic nitrogens is 2. The van der Waals surface area contributed by atoms with Gasteiger partial charge >= 0.3 is 12.1 Å². The maximum atomic E-state index is 14.1. The number of nitrogens with zero attached hydrogens (tertiary/aromatic N) is 3. The lowest BCUT2D eigenvalue weighted by molar-refractivity contribution is -0.257. The highest BCUT2D eigenvalue weighted by Gasteiger charge is 2.50. The van der Waals surface area contributed by atoms with E-state index in [0.29, 0.717) is 6.54 Å². The van der Waals surface area contributed by atoms with Crippen molar-refractivity contribution in [3.05, 3.63) is 30.0 Å². The predicted octanol–water partition coefficient (Wildman–Crippen LogP) is 2.78. The van der Waals surface area contributed by atoms with Gasteiger partial charge in [-0.1, -0.05) is 6.07 Å². The van der Waals surface area contributed by atoms with Gasteiger partial charge in [-0.15, -0.1) is 5.10 Å². The lowest BCUT2D eigenvalue weighted by atomic mass is 9.98. The number of aryl methyl sites for hydroxylation is 1. The molecule has 2 heterocycles. The number of alkyl halides is 3. The van der Waals surface area contributed by atoms with Gasteiger partial charge in [-0.25, -0.2) is 8.42 Å². The van der Waals surface area contributed by atoms with Crippen LogP contribution in [0.1, 0.15) is 53.0 Å². The molecular weight excluding hydrogens is 599 g/mol. The Morgan fingerprint density at radius 3 is 2.44 bits per heavy atom. The molecule has 0 unspecified atom stereocenters. The van der Waals surface area contributed by atoms with E-state index in [1.165, 1.54) is 42.9 Å². The Balaban J connectivity index is 2.01. The van der Waals surface area contributed by atoms with Gasteiger partial charge < -0.3 is 24.4 Å². The Hall–Kier alpha value is -3.37. The second-order valence-electron chi connectivity index (χ2n) is 11.0. The van der Waals surface area contributed by atoms with Crippen LogP contribution in [0.4, 0.5) is 18.9 Å². The molecular formula is C27H36F3N3O9S. The molecule has 1 aliphatic heterocycles. The number of sulfonamides is 1. The van der Waals surface area contributed by atoms with Crippen molar-refractivity contribution < 1.29 is 55.6 Å². The maximum absolute atomic E-state index is 14.1. The first-order valence-corrected chi connectivity index (χ1v) is 14.9. The number of aliphatic hydroxyl groups is 2. The molecule has 1 aromatic carbocycles. The number of ketones is 1. The van der Waals surface area contributed by atoms with Gasteiger partial charge in [0.1, 0.15) is 24.1 Å². The zero-order valence-corrected chi connectivity index (χ0v) is 25.3. The topological polar surface area (TPSA) is 157 Å². The maximum Gasteiger partial charge on any atom is 0.427 e. The van der Waals surface area contributed by atoms with Crippen LogP contribution in [0.5, 0.6) is 11.6 Å². The molecule has 0 radical (unpaired) electrons. The van der Waals surface area contributed by atoms with Crippen molar-refractivity contribution >= 4 is 27.5 Å². The molecule has 240 valence electrons. The lowest BCUT2D eigenvalue weighted by Crippen LogP contribution is -2.44. The number of carbonyl (C=O) groups is 2. The van der Waals surface area contributed by atoms with Gasteiger partial charge in [-0.05, 0) is 58.7 Å². The number of benzene rings is 1. The Labute approximate surface area is 247 Å². The number of carbonyl (C=O) groups excluding carboxylic acids is 2. The second kappa shape index (κ2) is 12.7. The molecule has 0 spiro atoms. The van der Waals surface area contributed by atoms with Crippen LogP contribution in [-0.4, -0.2) is 83.4 Å². The first-order valence-electron chi connectivity index (χ1n) is 13.5. The summed E-state index contributed by atoms with van der Waals surface area (Å²) in [7, 11) is -4.45. The summed E-state index contributed by atoms with van der Waals surface area (Å²) in [6.07, 6.45) is -5.04. The monoisotopic (exact) mass is 635 g/mol.